The molecule has 0 aliphatic carbocycles. The standard InChI is InChI=1S/C15H20P.C11H12P.2ClH.Ti/c1-3-9-16(10-4-2)15-11-13-7-5-6-8-14(13)12-15;1-12(2)11-7-9-5-3-4-6-10(9)8-11;;;/h5-8,11-12H,3-4,9-10H2,1-2H3;3-8H,1-2H3;2*1H;/q2*-1;;;+2/p-2. The first-order valence-corrected chi connectivity index (χ1v) is 19.0. The van der Waals surface area contributed by atoms with Crippen LogP contribution in [0.5, 0.6) is 0 Å². The summed E-state index contributed by atoms with van der Waals surface area (Å²) in [4.78, 5) is 0. The Bertz CT molecular complexity index is 950. The molecule has 0 aromatic heterocycles. The number of fused-ring (bicyclic) bond motifs is 2. The van der Waals surface area contributed by atoms with Gasteiger partial charge in [-0.3, -0.25) is 0 Å². The maximum absolute atomic E-state index is 4.89. The van der Waals surface area contributed by atoms with Crippen LogP contribution in [0.15, 0.2) is 72.8 Å². The summed E-state index contributed by atoms with van der Waals surface area (Å²) in [5, 5.41) is 8.70. The van der Waals surface area contributed by atoms with Crippen LogP contribution >= 0.6 is 34.5 Å². The second-order valence-electron chi connectivity index (χ2n) is 7.64. The van der Waals surface area contributed by atoms with Crippen LogP contribution in [-0.4, -0.2) is 25.7 Å². The first-order valence-electron chi connectivity index (χ1n) is 10.7. The Labute approximate surface area is 207 Å². The van der Waals surface area contributed by atoms with Crippen molar-refractivity contribution in [2.45, 2.75) is 26.7 Å². The predicted molar refractivity (Wildman–Crippen MR) is 146 cm³/mol. The molecule has 0 saturated carbocycles. The zero-order valence-electron chi connectivity index (χ0n) is 18.9. The van der Waals surface area contributed by atoms with E-state index in [4.69, 9.17) is 18.6 Å². The molecule has 5 heteroatoms. The molecule has 0 saturated heterocycles. The Morgan fingerprint density at radius 2 is 1.16 bits per heavy atom. The van der Waals surface area contributed by atoms with Gasteiger partial charge in [-0.1, -0.05) is 46.7 Å². The topological polar surface area (TPSA) is 0 Å². The number of benzene rings is 2. The fraction of sp³-hybridized carbons (Fsp3) is 0.308. The third-order valence-corrected chi connectivity index (χ3v) is 9.33. The number of hydrogen-bond acceptors (Lipinski definition) is 0. The normalized spacial score (nSPS) is 10.7. The van der Waals surface area contributed by atoms with Crippen molar-refractivity contribution in [3.8, 4) is 0 Å². The molecular weight excluding hydrogens is 493 g/mol. The van der Waals surface area contributed by atoms with E-state index in [0.717, 1.165) is 0 Å². The van der Waals surface area contributed by atoms with E-state index < -0.39 is 17.0 Å². The SMILES string of the molecule is CCCP(CCC)c1cc2ccccc2[cH-]1.CP(C)c1cc2ccccc2[cH-]1.[Cl][Ti][Cl]. The van der Waals surface area contributed by atoms with Gasteiger partial charge in [-0.05, 0) is 25.7 Å². The van der Waals surface area contributed by atoms with Gasteiger partial charge in [0.05, 0.1) is 0 Å². The summed E-state index contributed by atoms with van der Waals surface area (Å²) in [6, 6.07) is 26.7. The fourth-order valence-electron chi connectivity index (χ4n) is 3.62. The van der Waals surface area contributed by atoms with Crippen LogP contribution in [0.2, 0.25) is 0 Å². The van der Waals surface area contributed by atoms with Gasteiger partial charge in [-0.25, -0.2) is 0 Å². The van der Waals surface area contributed by atoms with E-state index in [0.29, 0.717) is 0 Å². The average molecular weight is 525 g/mol. The molecule has 4 rings (SSSR count). The van der Waals surface area contributed by atoms with Crippen LogP contribution in [0.4, 0.5) is 0 Å². The Balaban J connectivity index is 0.000000201. The van der Waals surface area contributed by atoms with Crippen LogP contribution in [0, 0.1) is 0 Å². The second-order valence-corrected chi connectivity index (χ2v) is 15.0. The van der Waals surface area contributed by atoms with Gasteiger partial charge in [-0.15, -0.1) is 88.6 Å². The van der Waals surface area contributed by atoms with E-state index in [2.05, 4.69) is 100.0 Å². The van der Waals surface area contributed by atoms with Crippen molar-refractivity contribution in [2.75, 3.05) is 25.7 Å². The molecule has 4 aromatic rings. The van der Waals surface area contributed by atoms with Gasteiger partial charge >= 0.3 is 35.6 Å². The molecule has 0 bridgehead atoms. The van der Waals surface area contributed by atoms with Crippen molar-refractivity contribution in [2.24, 2.45) is 0 Å². The van der Waals surface area contributed by atoms with Crippen molar-refractivity contribution in [1.29, 1.82) is 0 Å². The molecular formula is C26H32Cl2P2Ti-2. The second kappa shape index (κ2) is 14.9. The van der Waals surface area contributed by atoms with E-state index in [1.807, 2.05) is 0 Å². The summed E-state index contributed by atoms with van der Waals surface area (Å²) < 4.78 is 0. The van der Waals surface area contributed by atoms with Crippen LogP contribution in [0.3, 0.4) is 0 Å². The Morgan fingerprint density at radius 1 is 0.742 bits per heavy atom. The van der Waals surface area contributed by atoms with Crippen molar-refractivity contribution < 1.29 is 17.0 Å². The molecule has 31 heavy (non-hydrogen) atoms. The third kappa shape index (κ3) is 8.59. The Morgan fingerprint density at radius 3 is 1.58 bits per heavy atom. The Kier molecular flexibility index (Phi) is 13.0. The van der Waals surface area contributed by atoms with Crippen LogP contribution in [0.1, 0.15) is 26.7 Å². The van der Waals surface area contributed by atoms with Gasteiger partial charge in [0.1, 0.15) is 0 Å². The van der Waals surface area contributed by atoms with Crippen LogP contribution in [0.25, 0.3) is 21.5 Å². The van der Waals surface area contributed by atoms with Gasteiger partial charge in [0, 0.05) is 0 Å². The van der Waals surface area contributed by atoms with Gasteiger partial charge in [0.25, 0.3) is 0 Å². The summed E-state index contributed by atoms with van der Waals surface area (Å²) in [5.41, 5.74) is 0. The molecule has 0 heterocycles. The van der Waals surface area contributed by atoms with Crippen molar-refractivity contribution >= 4 is 66.6 Å². The summed E-state index contributed by atoms with van der Waals surface area (Å²) in [5.74, 6) is 0. The van der Waals surface area contributed by atoms with Gasteiger partial charge in [0.2, 0.25) is 0 Å². The van der Waals surface area contributed by atoms with Crippen molar-refractivity contribution in [3.05, 3.63) is 72.8 Å². The van der Waals surface area contributed by atoms with E-state index in [1.54, 1.807) is 5.30 Å². The monoisotopic (exact) mass is 524 g/mol. The van der Waals surface area contributed by atoms with Gasteiger partial charge in [-0.2, -0.15) is 12.1 Å². The summed E-state index contributed by atoms with van der Waals surface area (Å²) in [7, 11) is 9.93. The molecule has 0 N–H and O–H groups in total. The average Bonchev–Trinajstić information content (AvgIpc) is 3.39. The maximum atomic E-state index is 4.89. The minimum absolute atomic E-state index is 0.0576. The van der Waals surface area contributed by atoms with Crippen molar-refractivity contribution in [3.63, 3.8) is 0 Å². The van der Waals surface area contributed by atoms with Gasteiger partial charge in [0.15, 0.2) is 0 Å². The van der Waals surface area contributed by atoms with E-state index >= 15 is 0 Å². The molecule has 4 aromatic carbocycles. The molecule has 0 fully saturated rings. The number of hydrogen-bond donors (Lipinski definition) is 0. The van der Waals surface area contributed by atoms with E-state index in [9.17, 15) is 0 Å². The van der Waals surface area contributed by atoms with E-state index in [-0.39, 0.29) is 15.8 Å². The first-order chi connectivity index (χ1) is 15.0. The first kappa shape index (κ1) is 27.1. The minimum atomic E-state index is -0.556. The molecule has 166 valence electrons. The van der Waals surface area contributed by atoms with E-state index in [1.165, 1.54) is 52.0 Å². The number of halogens is 2. The summed E-state index contributed by atoms with van der Waals surface area (Å²) in [6.07, 6.45) is 5.40. The zero-order valence-corrected chi connectivity index (χ0v) is 23.8. The van der Waals surface area contributed by atoms with Gasteiger partial charge < -0.3 is 0 Å². The molecule has 0 radical (unpaired) electrons. The molecule has 0 amide bonds. The molecule has 0 spiro atoms. The Hall–Kier alpha value is -0.186. The molecule has 0 atom stereocenters. The van der Waals surface area contributed by atoms with Crippen LogP contribution in [-0.2, 0) is 17.0 Å². The fourth-order valence-corrected chi connectivity index (χ4v) is 6.88. The predicted octanol–water partition coefficient (Wildman–Crippen LogP) is 8.79. The molecule has 0 aliphatic heterocycles. The van der Waals surface area contributed by atoms with Crippen LogP contribution < -0.4 is 10.6 Å². The summed E-state index contributed by atoms with van der Waals surface area (Å²) >= 11 is -0.556. The molecule has 0 nitrogen and oxygen atoms in total. The van der Waals surface area contributed by atoms with Crippen molar-refractivity contribution in [1.82, 2.24) is 0 Å². The summed E-state index contributed by atoms with van der Waals surface area (Å²) in [6.45, 7) is 9.19. The number of rotatable bonds is 6. The molecule has 0 unspecified atom stereocenters. The quantitative estimate of drug-likeness (QED) is 0.134. The third-order valence-electron chi connectivity index (χ3n) is 5.07. The zero-order chi connectivity index (χ0) is 22.6. The molecule has 0 aliphatic rings.